The minimum atomic E-state index is -0.0329. The van der Waals surface area contributed by atoms with E-state index in [4.69, 9.17) is 9.72 Å². The number of rotatable bonds is 4. The summed E-state index contributed by atoms with van der Waals surface area (Å²) in [6, 6.07) is 16.0. The zero-order valence-electron chi connectivity index (χ0n) is 15.7. The van der Waals surface area contributed by atoms with Crippen molar-refractivity contribution in [1.82, 2.24) is 14.9 Å². The number of hydrogen-bond acceptors (Lipinski definition) is 4. The van der Waals surface area contributed by atoms with E-state index in [9.17, 15) is 4.79 Å². The van der Waals surface area contributed by atoms with Gasteiger partial charge in [0.1, 0.15) is 11.6 Å². The van der Waals surface area contributed by atoms with Crippen LogP contribution in [-0.2, 0) is 19.5 Å². The molecule has 1 aromatic heterocycles. The second-order valence-corrected chi connectivity index (χ2v) is 6.97. The lowest BCUT2D eigenvalue weighted by molar-refractivity contribution is 0.241. The fourth-order valence-corrected chi connectivity index (χ4v) is 3.65. The van der Waals surface area contributed by atoms with Crippen molar-refractivity contribution in [2.75, 3.05) is 13.7 Å². The number of aromatic amines is 1. The minimum Gasteiger partial charge on any atom is -0.496 e. The predicted octanol–water partition coefficient (Wildman–Crippen LogP) is 3.31. The molecule has 2 heterocycles. The van der Waals surface area contributed by atoms with Crippen LogP contribution in [0.25, 0.3) is 11.4 Å². The van der Waals surface area contributed by atoms with Gasteiger partial charge in [-0.15, -0.1) is 0 Å². The quantitative estimate of drug-likeness (QED) is 0.775. The highest BCUT2D eigenvalue weighted by Crippen LogP contribution is 2.22. The van der Waals surface area contributed by atoms with Crippen molar-refractivity contribution in [3.8, 4) is 17.1 Å². The van der Waals surface area contributed by atoms with E-state index in [0.717, 1.165) is 47.6 Å². The smallest absolute Gasteiger partial charge is 0.255 e. The van der Waals surface area contributed by atoms with Crippen molar-refractivity contribution in [2.24, 2.45) is 0 Å². The molecule has 5 nitrogen and oxygen atoms in total. The Balaban J connectivity index is 1.55. The number of aromatic nitrogens is 2. The van der Waals surface area contributed by atoms with Crippen LogP contribution in [0.5, 0.6) is 5.75 Å². The molecule has 5 heteroatoms. The molecular weight excluding hydrogens is 338 g/mol. The molecule has 3 aromatic rings. The molecular formula is C22H23N3O2. The van der Waals surface area contributed by atoms with Gasteiger partial charge in [0.15, 0.2) is 0 Å². The van der Waals surface area contributed by atoms with Crippen LogP contribution in [0, 0.1) is 6.92 Å². The summed E-state index contributed by atoms with van der Waals surface area (Å²) in [6.45, 7) is 4.37. The Morgan fingerprint density at radius 3 is 2.74 bits per heavy atom. The first-order valence-electron chi connectivity index (χ1n) is 9.17. The number of nitrogens with one attached hydrogen (secondary N) is 1. The zero-order chi connectivity index (χ0) is 18.8. The van der Waals surface area contributed by atoms with Gasteiger partial charge in [-0.05, 0) is 24.1 Å². The number of fused-ring (bicyclic) bond motifs is 1. The lowest BCUT2D eigenvalue weighted by Gasteiger charge is -2.28. The molecule has 1 N–H and O–H groups in total. The summed E-state index contributed by atoms with van der Waals surface area (Å²) in [5.41, 5.74) is 4.95. The molecule has 0 saturated heterocycles. The van der Waals surface area contributed by atoms with E-state index in [-0.39, 0.29) is 5.56 Å². The third-order valence-corrected chi connectivity index (χ3v) is 5.06. The summed E-state index contributed by atoms with van der Waals surface area (Å²) in [5, 5.41) is 0. The highest BCUT2D eigenvalue weighted by molar-refractivity contribution is 5.54. The van der Waals surface area contributed by atoms with Crippen molar-refractivity contribution < 1.29 is 4.74 Å². The van der Waals surface area contributed by atoms with Gasteiger partial charge in [-0.3, -0.25) is 9.69 Å². The van der Waals surface area contributed by atoms with E-state index in [2.05, 4.69) is 22.0 Å². The van der Waals surface area contributed by atoms with Gasteiger partial charge in [-0.25, -0.2) is 4.98 Å². The van der Waals surface area contributed by atoms with E-state index in [0.29, 0.717) is 12.4 Å². The first-order chi connectivity index (χ1) is 13.1. The number of aryl methyl sites for hydroxylation is 1. The molecule has 0 unspecified atom stereocenters. The number of nitrogens with zero attached hydrogens (tertiary/aromatic N) is 2. The molecule has 138 valence electrons. The second-order valence-electron chi connectivity index (χ2n) is 6.97. The van der Waals surface area contributed by atoms with Crippen molar-refractivity contribution >= 4 is 0 Å². The zero-order valence-corrected chi connectivity index (χ0v) is 15.7. The molecule has 0 saturated carbocycles. The van der Waals surface area contributed by atoms with Gasteiger partial charge in [0.2, 0.25) is 0 Å². The first kappa shape index (κ1) is 17.5. The number of hydrogen-bond donors (Lipinski definition) is 1. The summed E-state index contributed by atoms with van der Waals surface area (Å²) in [5.74, 6) is 1.55. The average Bonchev–Trinajstić information content (AvgIpc) is 2.69. The number of methoxy groups -OCH3 is 1. The lowest BCUT2D eigenvalue weighted by Crippen LogP contribution is -2.35. The molecule has 0 amide bonds. The number of H-pyrrole nitrogens is 1. The molecule has 0 bridgehead atoms. The maximum Gasteiger partial charge on any atom is 0.255 e. The average molecular weight is 361 g/mol. The van der Waals surface area contributed by atoms with Crippen LogP contribution in [0.2, 0.25) is 0 Å². The summed E-state index contributed by atoms with van der Waals surface area (Å²) < 4.78 is 5.33. The van der Waals surface area contributed by atoms with Crippen LogP contribution in [0.1, 0.15) is 22.4 Å². The van der Waals surface area contributed by atoms with Gasteiger partial charge < -0.3 is 9.72 Å². The molecule has 0 fully saturated rings. The van der Waals surface area contributed by atoms with E-state index >= 15 is 0 Å². The van der Waals surface area contributed by atoms with Gasteiger partial charge in [-0.1, -0.05) is 42.5 Å². The third kappa shape index (κ3) is 3.64. The minimum absolute atomic E-state index is 0.0329. The van der Waals surface area contributed by atoms with E-state index in [1.807, 2.05) is 43.3 Å². The highest BCUT2D eigenvalue weighted by atomic mass is 16.5. The van der Waals surface area contributed by atoms with Gasteiger partial charge in [0.05, 0.1) is 18.4 Å². The normalized spacial score (nSPS) is 14.0. The van der Waals surface area contributed by atoms with Gasteiger partial charge in [-0.2, -0.15) is 0 Å². The number of benzene rings is 2. The topological polar surface area (TPSA) is 58.2 Å². The van der Waals surface area contributed by atoms with Gasteiger partial charge in [0.25, 0.3) is 5.56 Å². The molecule has 1 aliphatic heterocycles. The predicted molar refractivity (Wildman–Crippen MR) is 106 cm³/mol. The maximum atomic E-state index is 12.7. The number of ether oxygens (including phenoxy) is 1. The van der Waals surface area contributed by atoms with Crippen LogP contribution < -0.4 is 10.3 Å². The van der Waals surface area contributed by atoms with Crippen LogP contribution in [0.3, 0.4) is 0 Å². The van der Waals surface area contributed by atoms with E-state index in [1.165, 1.54) is 5.56 Å². The molecule has 0 spiro atoms. The Hall–Kier alpha value is -2.92. The molecule has 0 radical (unpaired) electrons. The van der Waals surface area contributed by atoms with Gasteiger partial charge >= 0.3 is 0 Å². The monoisotopic (exact) mass is 361 g/mol. The molecule has 27 heavy (non-hydrogen) atoms. The standard InChI is InChI=1S/C22H23N3O2/c1-15-12-16(8-9-20(15)27-2)13-25-11-10-19-18(14-25)22(26)24-21(23-19)17-6-4-3-5-7-17/h3-9,12H,10-11,13-14H2,1-2H3,(H,23,24,26). The fraction of sp³-hybridized carbons (Fsp3) is 0.273. The largest absolute Gasteiger partial charge is 0.496 e. The van der Waals surface area contributed by atoms with Crippen LogP contribution in [0.15, 0.2) is 53.3 Å². The Bertz CT molecular complexity index is 1010. The van der Waals surface area contributed by atoms with Crippen molar-refractivity contribution in [1.29, 1.82) is 0 Å². The molecule has 0 aliphatic carbocycles. The maximum absolute atomic E-state index is 12.7. The fourth-order valence-electron chi connectivity index (χ4n) is 3.65. The van der Waals surface area contributed by atoms with Crippen LogP contribution in [0.4, 0.5) is 0 Å². The third-order valence-electron chi connectivity index (χ3n) is 5.06. The highest BCUT2D eigenvalue weighted by Gasteiger charge is 2.21. The molecule has 0 atom stereocenters. The molecule has 1 aliphatic rings. The van der Waals surface area contributed by atoms with Crippen LogP contribution >= 0.6 is 0 Å². The molecule has 2 aromatic carbocycles. The van der Waals surface area contributed by atoms with Crippen LogP contribution in [-0.4, -0.2) is 28.5 Å². The molecule has 4 rings (SSSR count). The first-order valence-corrected chi connectivity index (χ1v) is 9.17. The van der Waals surface area contributed by atoms with E-state index in [1.54, 1.807) is 7.11 Å². The van der Waals surface area contributed by atoms with E-state index < -0.39 is 0 Å². The van der Waals surface area contributed by atoms with Crippen molar-refractivity contribution in [3.63, 3.8) is 0 Å². The summed E-state index contributed by atoms with van der Waals surface area (Å²) in [7, 11) is 1.69. The Kier molecular flexibility index (Phi) is 4.77. The summed E-state index contributed by atoms with van der Waals surface area (Å²) in [4.78, 5) is 22.6. The SMILES string of the molecule is COc1ccc(CN2CCc3nc(-c4ccccc4)[nH]c(=O)c3C2)cc1C. The Morgan fingerprint density at radius 1 is 1.19 bits per heavy atom. The second kappa shape index (κ2) is 7.37. The Labute approximate surface area is 158 Å². The lowest BCUT2D eigenvalue weighted by atomic mass is 10.0. The summed E-state index contributed by atoms with van der Waals surface area (Å²) >= 11 is 0. The van der Waals surface area contributed by atoms with Crippen molar-refractivity contribution in [2.45, 2.75) is 26.4 Å². The van der Waals surface area contributed by atoms with Crippen molar-refractivity contribution in [3.05, 3.63) is 81.3 Å². The Morgan fingerprint density at radius 2 is 2.00 bits per heavy atom. The summed E-state index contributed by atoms with van der Waals surface area (Å²) in [6.07, 6.45) is 0.786. The van der Waals surface area contributed by atoms with Gasteiger partial charge in [0, 0.05) is 31.6 Å².